The van der Waals surface area contributed by atoms with E-state index < -0.39 is 29.1 Å². The Morgan fingerprint density at radius 3 is 1.87 bits per heavy atom. The van der Waals surface area contributed by atoms with Crippen molar-refractivity contribution in [3.05, 3.63) is 108 Å². The number of phenolic OH excluding ortho intramolecular Hbond substituents is 3. The molecular weight excluding hydrogens is 500 g/mol. The van der Waals surface area contributed by atoms with Crippen LogP contribution in [0.4, 0.5) is 11.6 Å². The zero-order chi connectivity index (χ0) is 27.4. The molecule has 0 saturated heterocycles. The molecule has 0 aliphatic heterocycles. The van der Waals surface area contributed by atoms with Crippen LogP contribution in [-0.4, -0.2) is 41.9 Å². The molecule has 6 N–H and O–H groups in total. The smallest absolute Gasteiger partial charge is 0.269 e. The summed E-state index contributed by atoms with van der Waals surface area (Å²) in [4.78, 5) is 29.4. The average Bonchev–Trinajstić information content (AvgIpc) is 3.39. The van der Waals surface area contributed by atoms with Gasteiger partial charge in [-0.05, 0) is 48.5 Å². The Morgan fingerprint density at radius 1 is 0.692 bits per heavy atom. The molecule has 11 nitrogen and oxygen atoms in total. The van der Waals surface area contributed by atoms with Gasteiger partial charge in [-0.2, -0.15) is 4.98 Å². The third kappa shape index (κ3) is 5.47. The molecule has 0 fully saturated rings. The lowest BCUT2D eigenvalue weighted by molar-refractivity contribution is 0.0846. The summed E-state index contributed by atoms with van der Waals surface area (Å²) in [5.41, 5.74) is 6.91. The first kappa shape index (κ1) is 24.8. The number of para-hydroxylation sites is 1. The first-order valence-electron chi connectivity index (χ1n) is 11.7. The minimum Gasteiger partial charge on any atom is -0.504 e. The Kier molecular flexibility index (Phi) is 6.78. The minimum atomic E-state index is -0.804. The molecule has 0 aliphatic carbocycles. The van der Waals surface area contributed by atoms with Gasteiger partial charge in [0.15, 0.2) is 23.1 Å². The number of hydrogen-bond acceptors (Lipinski definition) is 8. The maximum absolute atomic E-state index is 12.5. The molecule has 4 aromatic carbocycles. The zero-order valence-electron chi connectivity index (χ0n) is 20.2. The van der Waals surface area contributed by atoms with Crippen LogP contribution in [-0.2, 0) is 0 Å². The lowest BCUT2D eigenvalue weighted by atomic mass is 10.1. The normalized spacial score (nSPS) is 10.6. The highest BCUT2D eigenvalue weighted by molar-refractivity contribution is 5.99. The molecule has 5 rings (SSSR count). The second kappa shape index (κ2) is 10.6. The highest BCUT2D eigenvalue weighted by atomic mass is 16.3. The lowest BCUT2D eigenvalue weighted by Gasteiger charge is -2.09. The van der Waals surface area contributed by atoms with Crippen molar-refractivity contribution in [1.82, 2.24) is 25.6 Å². The number of phenols is 3. The van der Waals surface area contributed by atoms with Gasteiger partial charge in [0.05, 0.1) is 5.69 Å². The van der Waals surface area contributed by atoms with Gasteiger partial charge in [0.1, 0.15) is 0 Å². The third-order valence-electron chi connectivity index (χ3n) is 5.66. The molecule has 0 radical (unpaired) electrons. The number of nitrogens with one attached hydrogen (secondary N) is 3. The van der Waals surface area contributed by atoms with E-state index in [9.17, 15) is 24.9 Å². The molecule has 2 amide bonds. The van der Waals surface area contributed by atoms with E-state index in [4.69, 9.17) is 0 Å². The molecule has 0 unspecified atom stereocenters. The second-order valence-electron chi connectivity index (χ2n) is 8.35. The van der Waals surface area contributed by atoms with Crippen molar-refractivity contribution in [3.63, 3.8) is 0 Å². The number of hydrazine groups is 1. The van der Waals surface area contributed by atoms with Crippen LogP contribution in [0.2, 0.25) is 0 Å². The fraction of sp³-hybridized carbons (Fsp3) is 0. The summed E-state index contributed by atoms with van der Waals surface area (Å²) in [6.45, 7) is 0. The molecule has 11 heteroatoms. The number of rotatable bonds is 6. The standard InChI is InChI=1S/C28H22N6O5/c35-22-15-19(16-23(36)24(22)37)27(39)32-31-26(38)18-11-13-20(14-12-18)29-28-30-25(17-7-3-1-4-8-17)34(33-28)21-9-5-2-6-10-21/h1-16,35-37H,(H,29,33)(H,31,38)(H,32,39). The van der Waals surface area contributed by atoms with Gasteiger partial charge in [0.2, 0.25) is 5.95 Å². The van der Waals surface area contributed by atoms with Crippen LogP contribution in [0.25, 0.3) is 17.1 Å². The number of carbonyl (C=O) groups excluding carboxylic acids is 2. The van der Waals surface area contributed by atoms with Gasteiger partial charge in [0.25, 0.3) is 11.8 Å². The monoisotopic (exact) mass is 522 g/mol. The Balaban J connectivity index is 1.28. The third-order valence-corrected chi connectivity index (χ3v) is 5.66. The van der Waals surface area contributed by atoms with E-state index in [1.165, 1.54) is 0 Å². The lowest BCUT2D eigenvalue weighted by Crippen LogP contribution is -2.41. The maximum Gasteiger partial charge on any atom is 0.269 e. The minimum absolute atomic E-state index is 0.167. The molecule has 1 heterocycles. The van der Waals surface area contributed by atoms with Crippen LogP contribution in [0.15, 0.2) is 97.1 Å². The van der Waals surface area contributed by atoms with Crippen LogP contribution in [0, 0.1) is 0 Å². The van der Waals surface area contributed by atoms with Gasteiger partial charge in [-0.3, -0.25) is 20.4 Å². The molecule has 0 saturated carbocycles. The molecular formula is C28H22N6O5. The van der Waals surface area contributed by atoms with Crippen molar-refractivity contribution in [2.75, 3.05) is 5.32 Å². The van der Waals surface area contributed by atoms with E-state index in [-0.39, 0.29) is 11.1 Å². The first-order chi connectivity index (χ1) is 18.9. The highest BCUT2D eigenvalue weighted by Gasteiger charge is 2.16. The number of aromatic nitrogens is 3. The maximum atomic E-state index is 12.5. The van der Waals surface area contributed by atoms with Crippen molar-refractivity contribution in [2.45, 2.75) is 0 Å². The fourth-order valence-electron chi connectivity index (χ4n) is 3.72. The van der Waals surface area contributed by atoms with E-state index >= 15 is 0 Å². The van der Waals surface area contributed by atoms with E-state index in [2.05, 4.69) is 26.3 Å². The van der Waals surface area contributed by atoms with Crippen molar-refractivity contribution in [3.8, 4) is 34.3 Å². The second-order valence-corrected chi connectivity index (χ2v) is 8.35. The van der Waals surface area contributed by atoms with Gasteiger partial charge in [-0.25, -0.2) is 4.68 Å². The summed E-state index contributed by atoms with van der Waals surface area (Å²) in [5.74, 6) is -2.47. The van der Waals surface area contributed by atoms with Gasteiger partial charge in [-0.1, -0.05) is 48.5 Å². The fourth-order valence-corrected chi connectivity index (χ4v) is 3.72. The molecule has 5 aromatic rings. The van der Waals surface area contributed by atoms with Crippen molar-refractivity contribution >= 4 is 23.5 Å². The largest absolute Gasteiger partial charge is 0.504 e. The Morgan fingerprint density at radius 2 is 1.26 bits per heavy atom. The van der Waals surface area contributed by atoms with Crippen LogP contribution >= 0.6 is 0 Å². The number of carbonyl (C=O) groups is 2. The Labute approximate surface area is 222 Å². The quantitative estimate of drug-likeness (QED) is 0.145. The number of aromatic hydroxyl groups is 3. The summed E-state index contributed by atoms with van der Waals surface area (Å²) >= 11 is 0. The van der Waals surface area contributed by atoms with Crippen molar-refractivity contribution in [1.29, 1.82) is 0 Å². The van der Waals surface area contributed by atoms with E-state index in [1.807, 2.05) is 60.7 Å². The average molecular weight is 523 g/mol. The van der Waals surface area contributed by atoms with Crippen molar-refractivity contribution in [2.24, 2.45) is 0 Å². The zero-order valence-corrected chi connectivity index (χ0v) is 20.2. The number of amides is 2. The Hall–Kier alpha value is -5.84. The Bertz CT molecular complexity index is 1560. The van der Waals surface area contributed by atoms with Gasteiger partial charge >= 0.3 is 0 Å². The van der Waals surface area contributed by atoms with Crippen molar-refractivity contribution < 1.29 is 24.9 Å². The molecule has 39 heavy (non-hydrogen) atoms. The van der Waals surface area contributed by atoms with E-state index in [1.54, 1.807) is 28.9 Å². The number of anilines is 2. The first-order valence-corrected chi connectivity index (χ1v) is 11.7. The molecule has 0 spiro atoms. The van der Waals surface area contributed by atoms with Crippen LogP contribution in [0.5, 0.6) is 17.2 Å². The van der Waals surface area contributed by atoms with Gasteiger partial charge < -0.3 is 20.6 Å². The molecule has 0 bridgehead atoms. The molecule has 194 valence electrons. The predicted octanol–water partition coefficient (Wildman–Crippen LogP) is 3.87. The summed E-state index contributed by atoms with van der Waals surface area (Å²) in [6, 6.07) is 27.7. The van der Waals surface area contributed by atoms with E-state index in [0.29, 0.717) is 17.5 Å². The van der Waals surface area contributed by atoms with Gasteiger partial charge in [0, 0.05) is 22.4 Å². The highest BCUT2D eigenvalue weighted by Crippen LogP contribution is 2.35. The summed E-state index contributed by atoms with van der Waals surface area (Å²) in [7, 11) is 0. The van der Waals surface area contributed by atoms with Crippen LogP contribution in [0.3, 0.4) is 0 Å². The van der Waals surface area contributed by atoms with E-state index in [0.717, 1.165) is 23.4 Å². The SMILES string of the molecule is O=C(NNC(=O)c1cc(O)c(O)c(O)c1)c1ccc(Nc2nc(-c3ccccc3)n(-c3ccccc3)n2)cc1. The summed E-state index contributed by atoms with van der Waals surface area (Å²) in [5, 5.41) is 36.3. The van der Waals surface area contributed by atoms with Gasteiger partial charge in [-0.15, -0.1) is 5.10 Å². The molecule has 0 aliphatic rings. The van der Waals surface area contributed by atoms with Crippen LogP contribution in [0.1, 0.15) is 20.7 Å². The number of benzene rings is 4. The topological polar surface area (TPSA) is 162 Å². The number of nitrogens with zero attached hydrogens (tertiary/aromatic N) is 3. The number of hydrogen-bond donors (Lipinski definition) is 6. The molecule has 1 aromatic heterocycles. The summed E-state index contributed by atoms with van der Waals surface area (Å²) < 4.78 is 1.75. The summed E-state index contributed by atoms with van der Waals surface area (Å²) in [6.07, 6.45) is 0. The predicted molar refractivity (Wildman–Crippen MR) is 143 cm³/mol. The molecule has 0 atom stereocenters. The van der Waals surface area contributed by atoms with Crippen LogP contribution < -0.4 is 16.2 Å².